The molecule has 142 valence electrons. The van der Waals surface area contributed by atoms with E-state index in [1.165, 1.54) is 0 Å². The predicted octanol–water partition coefficient (Wildman–Crippen LogP) is 0.142. The Morgan fingerprint density at radius 3 is 2.16 bits per heavy atom. The van der Waals surface area contributed by atoms with Crippen LogP contribution in [-0.4, -0.2) is 73.3 Å². The zero-order valence-corrected chi connectivity index (χ0v) is 15.5. The van der Waals surface area contributed by atoms with E-state index >= 15 is 0 Å². The molecule has 0 radical (unpaired) electrons. The molecular formula is C17H29N3O4S. The second kappa shape index (κ2) is 7.61. The Bertz CT molecular complexity index is 607. The summed E-state index contributed by atoms with van der Waals surface area (Å²) in [7, 11) is -3.01. The highest BCUT2D eigenvalue weighted by atomic mass is 32.2. The zero-order valence-electron chi connectivity index (χ0n) is 14.7. The van der Waals surface area contributed by atoms with E-state index in [-0.39, 0.29) is 41.3 Å². The summed E-state index contributed by atoms with van der Waals surface area (Å²) in [6, 6.07) is 0.0257. The summed E-state index contributed by atoms with van der Waals surface area (Å²) in [5.74, 6) is 0.00969. The Kier molecular flexibility index (Phi) is 5.68. The number of carbonyl (C=O) groups is 2. The number of nitrogens with two attached hydrogens (primary N) is 1. The van der Waals surface area contributed by atoms with Crippen molar-refractivity contribution in [2.75, 3.05) is 31.1 Å². The third-order valence-corrected chi connectivity index (χ3v) is 7.71. The van der Waals surface area contributed by atoms with Crippen LogP contribution in [0.5, 0.6) is 0 Å². The molecule has 0 spiro atoms. The molecule has 1 saturated carbocycles. The smallest absolute Gasteiger partial charge is 0.237 e. The lowest BCUT2D eigenvalue weighted by Crippen LogP contribution is -2.51. The fraction of sp³-hybridized carbons (Fsp3) is 0.882. The van der Waals surface area contributed by atoms with Crippen molar-refractivity contribution in [3.05, 3.63) is 0 Å². The average molecular weight is 372 g/mol. The molecule has 2 heterocycles. The molecule has 0 aromatic rings. The van der Waals surface area contributed by atoms with Gasteiger partial charge in [-0.3, -0.25) is 14.5 Å². The molecule has 3 rings (SSSR count). The van der Waals surface area contributed by atoms with Crippen LogP contribution in [0.1, 0.15) is 44.9 Å². The maximum atomic E-state index is 13.0. The van der Waals surface area contributed by atoms with Crippen LogP contribution < -0.4 is 5.73 Å². The van der Waals surface area contributed by atoms with Gasteiger partial charge in [-0.25, -0.2) is 8.42 Å². The zero-order chi connectivity index (χ0) is 18.0. The number of primary amides is 1. The number of likely N-dealkylation sites (tertiary alicyclic amines) is 1. The second-order valence-electron chi connectivity index (χ2n) is 7.75. The molecule has 0 aromatic carbocycles. The summed E-state index contributed by atoms with van der Waals surface area (Å²) in [5, 5.41) is 0. The fourth-order valence-corrected chi connectivity index (χ4v) is 6.24. The Morgan fingerprint density at radius 2 is 1.64 bits per heavy atom. The first-order chi connectivity index (χ1) is 11.9. The lowest BCUT2D eigenvalue weighted by molar-refractivity contribution is -0.137. The number of nitrogens with zero attached hydrogens (tertiary/aromatic N) is 2. The third kappa shape index (κ3) is 4.53. The van der Waals surface area contributed by atoms with Gasteiger partial charge in [0, 0.05) is 18.0 Å². The molecule has 25 heavy (non-hydrogen) atoms. The Hall–Kier alpha value is -1.15. The van der Waals surface area contributed by atoms with Gasteiger partial charge in [-0.15, -0.1) is 0 Å². The summed E-state index contributed by atoms with van der Waals surface area (Å²) in [4.78, 5) is 28.3. The third-order valence-electron chi connectivity index (χ3n) is 5.96. The number of amides is 2. The topological polar surface area (TPSA) is 101 Å². The first-order valence-electron chi connectivity index (χ1n) is 9.39. The van der Waals surface area contributed by atoms with Gasteiger partial charge in [-0.05, 0) is 45.2 Å². The highest BCUT2D eigenvalue weighted by Gasteiger charge is 2.39. The van der Waals surface area contributed by atoms with E-state index in [2.05, 4.69) is 4.90 Å². The van der Waals surface area contributed by atoms with Gasteiger partial charge in [0.15, 0.2) is 9.84 Å². The van der Waals surface area contributed by atoms with Crippen LogP contribution in [0.3, 0.4) is 0 Å². The van der Waals surface area contributed by atoms with Gasteiger partial charge >= 0.3 is 0 Å². The van der Waals surface area contributed by atoms with Crippen LogP contribution in [0.25, 0.3) is 0 Å². The quantitative estimate of drug-likeness (QED) is 0.741. The van der Waals surface area contributed by atoms with Gasteiger partial charge in [0.2, 0.25) is 11.8 Å². The largest absolute Gasteiger partial charge is 0.369 e. The van der Waals surface area contributed by atoms with Crippen LogP contribution in [0.2, 0.25) is 0 Å². The highest BCUT2D eigenvalue weighted by Crippen LogP contribution is 2.29. The molecule has 1 unspecified atom stereocenters. The SMILES string of the molecule is NC(=O)C1CCN(CC(=O)N(C2CCCC2)C2CCS(=O)(=O)C2)CC1. The van der Waals surface area contributed by atoms with Crippen molar-refractivity contribution >= 4 is 21.7 Å². The molecule has 2 N–H and O–H groups in total. The van der Waals surface area contributed by atoms with E-state index in [9.17, 15) is 18.0 Å². The van der Waals surface area contributed by atoms with Crippen LogP contribution in [0.15, 0.2) is 0 Å². The van der Waals surface area contributed by atoms with E-state index in [0.29, 0.717) is 38.9 Å². The van der Waals surface area contributed by atoms with Gasteiger partial charge in [0.1, 0.15) is 0 Å². The van der Waals surface area contributed by atoms with Crippen molar-refractivity contribution in [2.24, 2.45) is 11.7 Å². The maximum Gasteiger partial charge on any atom is 0.237 e. The minimum Gasteiger partial charge on any atom is -0.369 e. The number of carbonyl (C=O) groups excluding carboxylic acids is 2. The van der Waals surface area contributed by atoms with E-state index in [1.54, 1.807) is 0 Å². The summed E-state index contributed by atoms with van der Waals surface area (Å²) in [6.07, 6.45) is 6.13. The number of sulfone groups is 1. The first kappa shape index (κ1) is 18.6. The summed E-state index contributed by atoms with van der Waals surface area (Å²) < 4.78 is 23.8. The minimum absolute atomic E-state index is 0.0477. The van der Waals surface area contributed by atoms with Crippen LogP contribution in [0, 0.1) is 5.92 Å². The van der Waals surface area contributed by atoms with Gasteiger partial charge in [0.05, 0.1) is 18.1 Å². The van der Waals surface area contributed by atoms with Crippen LogP contribution in [-0.2, 0) is 19.4 Å². The number of piperidine rings is 1. The molecule has 2 aliphatic heterocycles. The maximum absolute atomic E-state index is 13.0. The standard InChI is InChI=1S/C17H29N3O4S/c18-17(22)13-5-8-19(9-6-13)11-16(21)20(14-3-1-2-4-14)15-7-10-25(23,24)12-15/h13-15H,1-12H2,(H2,18,22). The first-order valence-corrected chi connectivity index (χ1v) is 11.2. The van der Waals surface area contributed by atoms with Crippen LogP contribution >= 0.6 is 0 Å². The molecule has 2 amide bonds. The highest BCUT2D eigenvalue weighted by molar-refractivity contribution is 7.91. The molecule has 1 aliphatic carbocycles. The van der Waals surface area contributed by atoms with Gasteiger partial charge in [-0.1, -0.05) is 12.8 Å². The van der Waals surface area contributed by atoms with E-state index in [0.717, 1.165) is 25.7 Å². The lowest BCUT2D eigenvalue weighted by Gasteiger charge is -2.37. The molecular weight excluding hydrogens is 342 g/mol. The number of hydrogen-bond donors (Lipinski definition) is 1. The van der Waals surface area contributed by atoms with Crippen molar-refractivity contribution in [3.8, 4) is 0 Å². The average Bonchev–Trinajstić information content (AvgIpc) is 3.18. The molecule has 3 fully saturated rings. The fourth-order valence-electron chi connectivity index (χ4n) is 4.53. The summed E-state index contributed by atoms with van der Waals surface area (Å²) in [6.45, 7) is 1.71. The van der Waals surface area contributed by atoms with Crippen molar-refractivity contribution in [1.82, 2.24) is 9.80 Å². The van der Waals surface area contributed by atoms with Gasteiger partial charge in [-0.2, -0.15) is 0 Å². The van der Waals surface area contributed by atoms with Gasteiger partial charge < -0.3 is 10.6 Å². The van der Waals surface area contributed by atoms with Gasteiger partial charge in [0.25, 0.3) is 0 Å². The second-order valence-corrected chi connectivity index (χ2v) is 9.98. The molecule has 7 nitrogen and oxygen atoms in total. The molecule has 2 saturated heterocycles. The van der Waals surface area contributed by atoms with Crippen molar-refractivity contribution < 1.29 is 18.0 Å². The predicted molar refractivity (Wildman–Crippen MR) is 94.5 cm³/mol. The van der Waals surface area contributed by atoms with Crippen molar-refractivity contribution in [3.63, 3.8) is 0 Å². The number of rotatable bonds is 5. The van der Waals surface area contributed by atoms with E-state index in [1.807, 2.05) is 4.90 Å². The summed E-state index contributed by atoms with van der Waals surface area (Å²) >= 11 is 0. The van der Waals surface area contributed by atoms with E-state index < -0.39 is 9.84 Å². The monoisotopic (exact) mass is 371 g/mol. The minimum atomic E-state index is -3.01. The lowest BCUT2D eigenvalue weighted by atomic mass is 9.96. The Morgan fingerprint density at radius 1 is 1.00 bits per heavy atom. The van der Waals surface area contributed by atoms with Crippen LogP contribution in [0.4, 0.5) is 0 Å². The van der Waals surface area contributed by atoms with Crippen molar-refractivity contribution in [2.45, 2.75) is 57.0 Å². The Labute approximate surface area is 149 Å². The normalized spacial score (nSPS) is 28.2. The molecule has 3 aliphatic rings. The molecule has 0 aromatic heterocycles. The summed E-state index contributed by atoms with van der Waals surface area (Å²) in [5.41, 5.74) is 5.36. The Balaban J connectivity index is 1.62. The number of hydrogen-bond acceptors (Lipinski definition) is 5. The molecule has 8 heteroatoms. The molecule has 1 atom stereocenters. The molecule has 0 bridgehead atoms. The van der Waals surface area contributed by atoms with E-state index in [4.69, 9.17) is 5.73 Å². The van der Waals surface area contributed by atoms with Crippen molar-refractivity contribution in [1.29, 1.82) is 0 Å².